The van der Waals surface area contributed by atoms with Crippen LogP contribution in [0.4, 0.5) is 0 Å². The maximum absolute atomic E-state index is 4.43. The van der Waals surface area contributed by atoms with Crippen LogP contribution in [-0.4, -0.2) is 14.8 Å². The molecule has 0 amide bonds. The van der Waals surface area contributed by atoms with Gasteiger partial charge in [0.25, 0.3) is 0 Å². The quantitative estimate of drug-likeness (QED) is 0.685. The third-order valence-corrected chi connectivity index (χ3v) is 1.88. The lowest BCUT2D eigenvalue weighted by Gasteiger charge is -2.01. The van der Waals surface area contributed by atoms with E-state index in [2.05, 4.69) is 16.7 Å². The Kier molecular flexibility index (Phi) is 2.40. The van der Waals surface area contributed by atoms with E-state index in [-0.39, 0.29) is 0 Å². The van der Waals surface area contributed by atoms with Crippen molar-refractivity contribution in [2.45, 2.75) is 6.42 Å². The molecule has 2 rings (SSSR count). The van der Waals surface area contributed by atoms with Crippen LogP contribution in [-0.2, 0) is 6.42 Å². The van der Waals surface area contributed by atoms with Crippen LogP contribution in [0.2, 0.25) is 0 Å². The van der Waals surface area contributed by atoms with Gasteiger partial charge in [-0.15, -0.1) is 6.58 Å². The Labute approximate surface area is 82.7 Å². The summed E-state index contributed by atoms with van der Waals surface area (Å²) in [5.41, 5.74) is 1.01. The number of aromatic nitrogens is 3. The van der Waals surface area contributed by atoms with E-state index in [9.17, 15) is 0 Å². The van der Waals surface area contributed by atoms with Crippen LogP contribution in [0, 0.1) is 0 Å². The van der Waals surface area contributed by atoms with Crippen molar-refractivity contribution in [2.24, 2.45) is 0 Å². The van der Waals surface area contributed by atoms with Gasteiger partial charge in [0.1, 0.15) is 0 Å². The molecule has 3 heteroatoms. The van der Waals surface area contributed by atoms with Gasteiger partial charge >= 0.3 is 0 Å². The second-order valence-corrected chi connectivity index (χ2v) is 2.93. The number of nitrogens with zero attached hydrogens (tertiary/aromatic N) is 3. The molecule has 0 unspecified atom stereocenters. The van der Waals surface area contributed by atoms with Gasteiger partial charge in [-0.1, -0.05) is 12.1 Å². The molecule has 0 saturated heterocycles. The highest BCUT2D eigenvalue weighted by molar-refractivity contribution is 5.24. The zero-order valence-corrected chi connectivity index (χ0v) is 7.80. The van der Waals surface area contributed by atoms with E-state index in [4.69, 9.17) is 0 Å². The van der Waals surface area contributed by atoms with Gasteiger partial charge < -0.3 is 0 Å². The van der Waals surface area contributed by atoms with E-state index in [1.54, 1.807) is 10.9 Å². The third kappa shape index (κ3) is 1.71. The number of hydrogen-bond donors (Lipinski definition) is 0. The van der Waals surface area contributed by atoms with E-state index in [1.165, 1.54) is 0 Å². The van der Waals surface area contributed by atoms with Crippen molar-refractivity contribution >= 4 is 0 Å². The average Bonchev–Trinajstić information content (AvgIpc) is 2.71. The Hall–Kier alpha value is -1.90. The topological polar surface area (TPSA) is 30.7 Å². The number of allylic oxidation sites excluding steroid dienone is 1. The normalized spacial score (nSPS) is 10.0. The van der Waals surface area contributed by atoms with E-state index >= 15 is 0 Å². The molecule has 0 aliphatic rings. The predicted octanol–water partition coefficient (Wildman–Crippen LogP) is 2.00. The summed E-state index contributed by atoms with van der Waals surface area (Å²) in [4.78, 5) is 4.43. The summed E-state index contributed by atoms with van der Waals surface area (Å²) in [6, 6.07) is 7.76. The second kappa shape index (κ2) is 3.87. The molecule has 2 heterocycles. The van der Waals surface area contributed by atoms with Crippen molar-refractivity contribution in [3.63, 3.8) is 0 Å². The summed E-state index contributed by atoms with van der Waals surface area (Å²) >= 11 is 0. The standard InChI is InChI=1S/C11H11N3/c1-2-5-10-6-3-7-11(13-10)14-9-4-8-12-14/h2-4,6-9H,1,5H2. The first kappa shape index (κ1) is 8.69. The molecule has 3 nitrogen and oxygen atoms in total. The molecule has 2 aromatic rings. The van der Waals surface area contributed by atoms with E-state index in [0.717, 1.165) is 17.9 Å². The summed E-state index contributed by atoms with van der Waals surface area (Å²) in [7, 11) is 0. The minimum Gasteiger partial charge on any atom is -0.233 e. The smallest absolute Gasteiger partial charge is 0.153 e. The van der Waals surface area contributed by atoms with Gasteiger partial charge in [0.15, 0.2) is 5.82 Å². The van der Waals surface area contributed by atoms with Crippen molar-refractivity contribution < 1.29 is 0 Å². The Morgan fingerprint density at radius 2 is 2.29 bits per heavy atom. The van der Waals surface area contributed by atoms with Gasteiger partial charge in [0, 0.05) is 24.5 Å². The molecule has 0 radical (unpaired) electrons. The van der Waals surface area contributed by atoms with Gasteiger partial charge in [-0.3, -0.25) is 0 Å². The molecule has 0 aliphatic heterocycles. The van der Waals surface area contributed by atoms with Gasteiger partial charge in [0.05, 0.1) is 0 Å². The highest BCUT2D eigenvalue weighted by Gasteiger charge is 1.97. The first-order valence-electron chi connectivity index (χ1n) is 4.47. The lowest BCUT2D eigenvalue weighted by Crippen LogP contribution is -1.99. The fourth-order valence-electron chi connectivity index (χ4n) is 1.26. The fraction of sp³-hybridized carbons (Fsp3) is 0.0909. The zero-order chi connectivity index (χ0) is 9.80. The Morgan fingerprint density at radius 3 is 3.00 bits per heavy atom. The number of hydrogen-bond acceptors (Lipinski definition) is 2. The van der Waals surface area contributed by atoms with Crippen LogP contribution >= 0.6 is 0 Å². The fourth-order valence-corrected chi connectivity index (χ4v) is 1.26. The average molecular weight is 185 g/mol. The molecule has 0 aliphatic carbocycles. The molecule has 0 spiro atoms. The largest absolute Gasteiger partial charge is 0.233 e. The van der Waals surface area contributed by atoms with Gasteiger partial charge in [0.2, 0.25) is 0 Å². The van der Waals surface area contributed by atoms with Crippen molar-refractivity contribution in [2.75, 3.05) is 0 Å². The van der Waals surface area contributed by atoms with E-state index in [1.807, 2.05) is 36.5 Å². The van der Waals surface area contributed by atoms with Crippen LogP contribution < -0.4 is 0 Å². The van der Waals surface area contributed by atoms with Crippen LogP contribution in [0.15, 0.2) is 49.3 Å². The molecule has 0 atom stereocenters. The lowest BCUT2D eigenvalue weighted by atomic mass is 10.3. The monoisotopic (exact) mass is 185 g/mol. The van der Waals surface area contributed by atoms with Crippen molar-refractivity contribution in [3.8, 4) is 5.82 Å². The van der Waals surface area contributed by atoms with Crippen molar-refractivity contribution in [1.29, 1.82) is 0 Å². The molecular formula is C11H11N3. The van der Waals surface area contributed by atoms with Gasteiger partial charge in [-0.2, -0.15) is 5.10 Å². The molecule has 14 heavy (non-hydrogen) atoms. The third-order valence-electron chi connectivity index (χ3n) is 1.88. The lowest BCUT2D eigenvalue weighted by molar-refractivity contribution is 0.837. The molecule has 0 saturated carbocycles. The highest BCUT2D eigenvalue weighted by Crippen LogP contribution is 2.04. The molecule has 0 fully saturated rings. The molecular weight excluding hydrogens is 174 g/mol. The van der Waals surface area contributed by atoms with Crippen molar-refractivity contribution in [3.05, 3.63) is 55.0 Å². The SMILES string of the molecule is C=CCc1cccc(-n2cccn2)n1. The van der Waals surface area contributed by atoms with Crippen LogP contribution in [0.1, 0.15) is 5.69 Å². The van der Waals surface area contributed by atoms with E-state index < -0.39 is 0 Å². The summed E-state index contributed by atoms with van der Waals surface area (Å²) in [6.45, 7) is 3.69. The maximum atomic E-state index is 4.43. The Bertz CT molecular complexity index is 418. The predicted molar refractivity (Wildman–Crippen MR) is 55.3 cm³/mol. The van der Waals surface area contributed by atoms with Crippen LogP contribution in [0.3, 0.4) is 0 Å². The molecule has 0 aromatic carbocycles. The summed E-state index contributed by atoms with van der Waals surface area (Å²) in [5, 5.41) is 4.12. The van der Waals surface area contributed by atoms with Gasteiger partial charge in [-0.25, -0.2) is 9.67 Å². The summed E-state index contributed by atoms with van der Waals surface area (Å²) in [6.07, 6.45) is 6.24. The Morgan fingerprint density at radius 1 is 1.36 bits per heavy atom. The van der Waals surface area contributed by atoms with Crippen LogP contribution in [0.25, 0.3) is 5.82 Å². The van der Waals surface area contributed by atoms with E-state index in [0.29, 0.717) is 0 Å². The van der Waals surface area contributed by atoms with Gasteiger partial charge in [-0.05, 0) is 18.2 Å². The minimum atomic E-state index is 0.787. The minimum absolute atomic E-state index is 0.787. The molecule has 2 aromatic heterocycles. The van der Waals surface area contributed by atoms with Crippen molar-refractivity contribution in [1.82, 2.24) is 14.8 Å². The Balaban J connectivity index is 2.35. The number of pyridine rings is 1. The highest BCUT2D eigenvalue weighted by atomic mass is 15.3. The number of rotatable bonds is 3. The molecule has 70 valence electrons. The summed E-state index contributed by atoms with van der Waals surface area (Å²) in [5.74, 6) is 0.842. The first-order valence-corrected chi connectivity index (χ1v) is 4.47. The second-order valence-electron chi connectivity index (χ2n) is 2.93. The molecule has 0 bridgehead atoms. The first-order chi connectivity index (χ1) is 6.90. The maximum Gasteiger partial charge on any atom is 0.153 e. The zero-order valence-electron chi connectivity index (χ0n) is 7.80. The summed E-state index contributed by atoms with van der Waals surface area (Å²) < 4.78 is 1.74. The van der Waals surface area contributed by atoms with Crippen LogP contribution in [0.5, 0.6) is 0 Å². The molecule has 0 N–H and O–H groups in total.